The highest BCUT2D eigenvalue weighted by Gasteiger charge is 2.31. The van der Waals surface area contributed by atoms with Crippen LogP contribution in [0.25, 0.3) is 17.1 Å². The van der Waals surface area contributed by atoms with Crippen LogP contribution in [0.2, 0.25) is 0 Å². The molecule has 2 aromatic heterocycles. The number of morpholine rings is 1. The fourth-order valence-corrected chi connectivity index (χ4v) is 4.42. The molecule has 1 aromatic carbocycles. The van der Waals surface area contributed by atoms with E-state index in [1.807, 2.05) is 30.1 Å². The molecule has 0 aliphatic carbocycles. The van der Waals surface area contributed by atoms with E-state index in [1.165, 1.54) is 6.07 Å². The number of benzene rings is 1. The number of Topliss-reactive ketones (excluding diaryl/α,β-unsaturated/α-hetero) is 1. The molecule has 0 radical (unpaired) electrons. The van der Waals surface area contributed by atoms with E-state index in [0.29, 0.717) is 5.75 Å². The average molecular weight is 405 g/mol. The van der Waals surface area contributed by atoms with Gasteiger partial charge in [0.25, 0.3) is 0 Å². The maximum Gasteiger partial charge on any atom is 0.235 e. The quantitative estimate of drug-likeness (QED) is 0.658. The molecule has 7 heteroatoms. The van der Waals surface area contributed by atoms with Gasteiger partial charge in [0.15, 0.2) is 5.76 Å². The molecule has 2 aliphatic heterocycles. The van der Waals surface area contributed by atoms with Crippen LogP contribution in [0.4, 0.5) is 5.69 Å². The Morgan fingerprint density at radius 2 is 1.97 bits per heavy atom. The minimum Gasteiger partial charge on any atom is -0.507 e. The number of ether oxygens (including phenoxy) is 2. The number of nitrogens with zero attached hydrogens (tertiary/aromatic N) is 3. The maximum atomic E-state index is 12.8. The first-order valence-corrected chi connectivity index (χ1v) is 10.0. The normalized spacial score (nSPS) is 22.6. The number of rotatable bonds is 2. The van der Waals surface area contributed by atoms with Crippen molar-refractivity contribution in [2.45, 2.75) is 26.1 Å². The highest BCUT2D eigenvalue weighted by molar-refractivity contribution is 6.17. The van der Waals surface area contributed by atoms with Crippen molar-refractivity contribution in [2.24, 2.45) is 7.05 Å². The second-order valence-electron chi connectivity index (χ2n) is 7.98. The maximum absolute atomic E-state index is 12.8. The molecular weight excluding hydrogens is 382 g/mol. The number of hydrogen-bond donors (Lipinski definition) is 1. The lowest BCUT2D eigenvalue weighted by Gasteiger charge is -2.37. The zero-order valence-electron chi connectivity index (χ0n) is 17.1. The Morgan fingerprint density at radius 1 is 1.20 bits per heavy atom. The number of pyridine rings is 1. The number of carbonyl (C=O) groups excluding carboxylic acids is 1. The Balaban J connectivity index is 1.62. The van der Waals surface area contributed by atoms with Crippen LogP contribution in [0.5, 0.6) is 11.5 Å². The number of phenolic OH excluding ortho intramolecular Hbond substituents is 1. The number of ketones is 1. The molecule has 0 spiro atoms. The predicted molar refractivity (Wildman–Crippen MR) is 114 cm³/mol. The molecule has 0 amide bonds. The molecule has 5 rings (SSSR count). The predicted octanol–water partition coefficient (Wildman–Crippen LogP) is 3.51. The van der Waals surface area contributed by atoms with Crippen molar-refractivity contribution < 1.29 is 19.4 Å². The summed E-state index contributed by atoms with van der Waals surface area (Å²) < 4.78 is 13.6. The average Bonchev–Trinajstić information content (AvgIpc) is 3.19. The lowest BCUT2D eigenvalue weighted by molar-refractivity contribution is -0.00513. The zero-order chi connectivity index (χ0) is 21.0. The molecule has 4 heterocycles. The lowest BCUT2D eigenvalue weighted by atomic mass is 10.1. The van der Waals surface area contributed by atoms with Crippen molar-refractivity contribution in [3.63, 3.8) is 0 Å². The van der Waals surface area contributed by atoms with E-state index in [1.54, 1.807) is 18.2 Å². The van der Waals surface area contributed by atoms with E-state index >= 15 is 0 Å². The minimum absolute atomic E-state index is 0.0718. The first kappa shape index (κ1) is 18.7. The van der Waals surface area contributed by atoms with Gasteiger partial charge in [0, 0.05) is 43.5 Å². The molecule has 0 saturated carbocycles. The third-order valence-electron chi connectivity index (χ3n) is 5.59. The zero-order valence-corrected chi connectivity index (χ0v) is 17.1. The standard InChI is InChI=1S/C23H23N3O4/c1-13-10-26(11-14(2)29-13)16-7-8-24-23-20(16)15(12-25(23)3)9-19-22(28)21-17(27)5-4-6-18(21)30-19/h4-9,12-14,27H,10-11H2,1-3H3. The van der Waals surface area contributed by atoms with Crippen LogP contribution in [0.1, 0.15) is 29.8 Å². The van der Waals surface area contributed by atoms with Crippen molar-refractivity contribution in [1.29, 1.82) is 0 Å². The van der Waals surface area contributed by atoms with Gasteiger partial charge >= 0.3 is 0 Å². The fraction of sp³-hybridized carbons (Fsp3) is 0.304. The Bertz CT molecular complexity index is 1190. The molecular formula is C23H23N3O4. The van der Waals surface area contributed by atoms with Crippen LogP contribution in [-0.4, -0.2) is 45.7 Å². The summed E-state index contributed by atoms with van der Waals surface area (Å²) in [5.41, 5.74) is 2.94. The van der Waals surface area contributed by atoms with E-state index in [2.05, 4.69) is 23.7 Å². The van der Waals surface area contributed by atoms with Crippen molar-refractivity contribution >= 4 is 28.6 Å². The summed E-state index contributed by atoms with van der Waals surface area (Å²) in [5.74, 6) is 0.176. The van der Waals surface area contributed by atoms with E-state index in [4.69, 9.17) is 9.47 Å². The van der Waals surface area contributed by atoms with Crippen LogP contribution in [-0.2, 0) is 11.8 Å². The fourth-order valence-electron chi connectivity index (χ4n) is 4.42. The number of aromatic hydroxyl groups is 1. The number of aromatic nitrogens is 2. The number of aryl methyl sites for hydroxylation is 1. The number of carbonyl (C=O) groups is 1. The number of phenols is 1. The van der Waals surface area contributed by atoms with Crippen LogP contribution >= 0.6 is 0 Å². The van der Waals surface area contributed by atoms with Gasteiger partial charge in [-0.15, -0.1) is 0 Å². The smallest absolute Gasteiger partial charge is 0.235 e. The minimum atomic E-state index is -0.320. The molecule has 2 atom stereocenters. The van der Waals surface area contributed by atoms with Crippen molar-refractivity contribution in [3.05, 3.63) is 53.5 Å². The summed E-state index contributed by atoms with van der Waals surface area (Å²) in [5, 5.41) is 11.0. The molecule has 0 bridgehead atoms. The van der Waals surface area contributed by atoms with Gasteiger partial charge < -0.3 is 24.0 Å². The van der Waals surface area contributed by atoms with E-state index in [9.17, 15) is 9.90 Å². The van der Waals surface area contributed by atoms with Crippen LogP contribution in [0.3, 0.4) is 0 Å². The SMILES string of the molecule is CC1CN(c2ccnc3c2c(C=C2Oc4cccc(O)c4C2=O)cn3C)CC(C)O1. The molecule has 1 saturated heterocycles. The second-order valence-corrected chi connectivity index (χ2v) is 7.98. The molecule has 3 aromatic rings. The Labute approximate surface area is 174 Å². The van der Waals surface area contributed by atoms with Gasteiger partial charge in [-0.2, -0.15) is 0 Å². The van der Waals surface area contributed by atoms with Gasteiger partial charge in [0.2, 0.25) is 5.78 Å². The summed E-state index contributed by atoms with van der Waals surface area (Å²) in [6.45, 7) is 5.71. The van der Waals surface area contributed by atoms with E-state index in [0.717, 1.165) is 35.4 Å². The van der Waals surface area contributed by atoms with Gasteiger partial charge in [-0.1, -0.05) is 6.07 Å². The van der Waals surface area contributed by atoms with E-state index in [-0.39, 0.29) is 35.1 Å². The Morgan fingerprint density at radius 3 is 2.70 bits per heavy atom. The summed E-state index contributed by atoms with van der Waals surface area (Å²) in [6.07, 6.45) is 5.74. The van der Waals surface area contributed by atoms with Crippen LogP contribution in [0.15, 0.2) is 42.4 Å². The van der Waals surface area contributed by atoms with Gasteiger partial charge in [0.1, 0.15) is 22.7 Å². The number of anilines is 1. The largest absolute Gasteiger partial charge is 0.507 e. The van der Waals surface area contributed by atoms with Gasteiger partial charge in [-0.25, -0.2) is 4.98 Å². The van der Waals surface area contributed by atoms with Gasteiger partial charge in [0.05, 0.1) is 17.9 Å². The van der Waals surface area contributed by atoms with E-state index < -0.39 is 0 Å². The third kappa shape index (κ3) is 2.93. The van der Waals surface area contributed by atoms with Crippen molar-refractivity contribution in [2.75, 3.05) is 18.0 Å². The summed E-state index contributed by atoms with van der Waals surface area (Å²) in [7, 11) is 1.93. The summed E-state index contributed by atoms with van der Waals surface area (Å²) in [4.78, 5) is 19.7. The van der Waals surface area contributed by atoms with Crippen molar-refractivity contribution in [3.8, 4) is 11.5 Å². The molecule has 2 aliphatic rings. The first-order valence-electron chi connectivity index (χ1n) is 10.0. The van der Waals surface area contributed by atoms with Crippen LogP contribution in [0, 0.1) is 0 Å². The second kappa shape index (κ2) is 6.88. The number of hydrogen-bond acceptors (Lipinski definition) is 6. The molecule has 1 fully saturated rings. The summed E-state index contributed by atoms with van der Waals surface area (Å²) in [6, 6.07) is 6.84. The Kier molecular flexibility index (Phi) is 4.29. The molecule has 154 valence electrons. The number of fused-ring (bicyclic) bond motifs is 2. The first-order chi connectivity index (χ1) is 14.4. The highest BCUT2D eigenvalue weighted by atomic mass is 16.5. The van der Waals surface area contributed by atoms with Gasteiger partial charge in [-0.3, -0.25) is 4.79 Å². The molecule has 30 heavy (non-hydrogen) atoms. The lowest BCUT2D eigenvalue weighted by Crippen LogP contribution is -2.45. The topological polar surface area (TPSA) is 76.8 Å². The van der Waals surface area contributed by atoms with Gasteiger partial charge in [-0.05, 0) is 38.1 Å². The number of allylic oxidation sites excluding steroid dienone is 1. The van der Waals surface area contributed by atoms with Crippen molar-refractivity contribution in [1.82, 2.24) is 9.55 Å². The monoisotopic (exact) mass is 405 g/mol. The van der Waals surface area contributed by atoms with Crippen LogP contribution < -0.4 is 9.64 Å². The summed E-state index contributed by atoms with van der Waals surface area (Å²) >= 11 is 0. The highest BCUT2D eigenvalue weighted by Crippen LogP contribution is 2.39. The molecule has 2 unspecified atom stereocenters. The Hall–Kier alpha value is -3.32. The molecule has 1 N–H and O–H groups in total. The third-order valence-corrected chi connectivity index (χ3v) is 5.59. The molecule has 7 nitrogen and oxygen atoms in total.